The summed E-state index contributed by atoms with van der Waals surface area (Å²) in [5, 5.41) is 9.05. The maximum absolute atomic E-state index is 11.0. The molecule has 14 heavy (non-hydrogen) atoms. The first-order valence-electron chi connectivity index (χ1n) is 5.46. The molecule has 0 spiro atoms. The Hall–Kier alpha value is -0.570. The van der Waals surface area contributed by atoms with Crippen LogP contribution in [0.25, 0.3) is 0 Å². The second-order valence-corrected chi connectivity index (χ2v) is 5.45. The van der Waals surface area contributed by atoms with E-state index in [4.69, 9.17) is 5.11 Å². The van der Waals surface area contributed by atoms with Crippen molar-refractivity contribution in [2.45, 2.75) is 39.2 Å². The SMILES string of the molecule is CC(C)(CN1CC2CCC1C2)C(=O)O. The van der Waals surface area contributed by atoms with Crippen LogP contribution in [-0.4, -0.2) is 35.1 Å². The van der Waals surface area contributed by atoms with Crippen LogP contribution in [0.2, 0.25) is 0 Å². The summed E-state index contributed by atoms with van der Waals surface area (Å²) in [6.07, 6.45) is 3.94. The van der Waals surface area contributed by atoms with E-state index in [1.165, 1.54) is 19.3 Å². The summed E-state index contributed by atoms with van der Waals surface area (Å²) in [5.74, 6) is 0.171. The molecule has 1 aliphatic heterocycles. The highest BCUT2D eigenvalue weighted by molar-refractivity contribution is 5.73. The summed E-state index contributed by atoms with van der Waals surface area (Å²) in [7, 11) is 0. The van der Waals surface area contributed by atoms with Crippen molar-refractivity contribution in [3.05, 3.63) is 0 Å². The minimum atomic E-state index is -0.680. The minimum Gasteiger partial charge on any atom is -0.481 e. The Kier molecular flexibility index (Phi) is 2.30. The second-order valence-electron chi connectivity index (χ2n) is 5.45. The fourth-order valence-electron chi connectivity index (χ4n) is 2.80. The lowest BCUT2D eigenvalue weighted by molar-refractivity contribution is -0.148. The Balaban J connectivity index is 1.95. The monoisotopic (exact) mass is 197 g/mol. The van der Waals surface area contributed by atoms with E-state index < -0.39 is 11.4 Å². The molecule has 0 aromatic rings. The van der Waals surface area contributed by atoms with Crippen LogP contribution in [-0.2, 0) is 4.79 Å². The number of rotatable bonds is 3. The van der Waals surface area contributed by atoms with Gasteiger partial charge in [-0.25, -0.2) is 0 Å². The first-order valence-corrected chi connectivity index (χ1v) is 5.46. The van der Waals surface area contributed by atoms with E-state index in [0.29, 0.717) is 12.6 Å². The number of carboxylic acid groups (broad SMARTS) is 1. The molecular formula is C11H19NO2. The van der Waals surface area contributed by atoms with Gasteiger partial charge >= 0.3 is 5.97 Å². The Morgan fingerprint density at radius 2 is 2.21 bits per heavy atom. The van der Waals surface area contributed by atoms with Gasteiger partial charge < -0.3 is 5.11 Å². The zero-order chi connectivity index (χ0) is 10.3. The maximum atomic E-state index is 11.0. The number of carboxylic acids is 1. The number of hydrogen-bond donors (Lipinski definition) is 1. The average Bonchev–Trinajstić information content (AvgIpc) is 2.63. The van der Waals surface area contributed by atoms with E-state index in [-0.39, 0.29) is 0 Å². The minimum absolute atomic E-state index is 0.593. The highest BCUT2D eigenvalue weighted by Crippen LogP contribution is 2.38. The molecule has 0 amide bonds. The van der Waals surface area contributed by atoms with Crippen LogP contribution >= 0.6 is 0 Å². The topological polar surface area (TPSA) is 40.5 Å². The van der Waals surface area contributed by atoms with Gasteiger partial charge in [0.2, 0.25) is 0 Å². The number of hydrogen-bond acceptors (Lipinski definition) is 2. The van der Waals surface area contributed by atoms with Gasteiger partial charge in [0, 0.05) is 19.1 Å². The summed E-state index contributed by atoms with van der Waals surface area (Å²) >= 11 is 0. The van der Waals surface area contributed by atoms with Gasteiger partial charge in [-0.15, -0.1) is 0 Å². The van der Waals surface area contributed by atoms with Crippen molar-refractivity contribution >= 4 is 5.97 Å². The van der Waals surface area contributed by atoms with Crippen molar-refractivity contribution in [1.29, 1.82) is 0 Å². The zero-order valence-corrected chi connectivity index (χ0v) is 8.99. The van der Waals surface area contributed by atoms with Crippen molar-refractivity contribution in [3.8, 4) is 0 Å². The number of piperidine rings is 1. The van der Waals surface area contributed by atoms with Gasteiger partial charge in [-0.3, -0.25) is 9.69 Å². The molecule has 80 valence electrons. The van der Waals surface area contributed by atoms with Gasteiger partial charge in [-0.05, 0) is 39.0 Å². The van der Waals surface area contributed by atoms with Gasteiger partial charge in [0.05, 0.1) is 5.41 Å². The van der Waals surface area contributed by atoms with Crippen LogP contribution in [0.15, 0.2) is 0 Å². The number of carbonyl (C=O) groups is 1. The standard InChI is InChI=1S/C11H19NO2/c1-11(2,10(13)14)7-12-6-8-3-4-9(12)5-8/h8-9H,3-7H2,1-2H3,(H,13,14). The van der Waals surface area contributed by atoms with Crippen molar-refractivity contribution in [2.24, 2.45) is 11.3 Å². The number of fused-ring (bicyclic) bond motifs is 2. The Bertz CT molecular complexity index is 250. The fraction of sp³-hybridized carbons (Fsp3) is 0.909. The van der Waals surface area contributed by atoms with Crippen LogP contribution < -0.4 is 0 Å². The molecule has 2 bridgehead atoms. The summed E-state index contributed by atoms with van der Waals surface area (Å²) in [4.78, 5) is 13.4. The summed E-state index contributed by atoms with van der Waals surface area (Å²) in [5.41, 5.74) is -0.593. The highest BCUT2D eigenvalue weighted by atomic mass is 16.4. The quantitative estimate of drug-likeness (QED) is 0.746. The van der Waals surface area contributed by atoms with Crippen LogP contribution in [0.3, 0.4) is 0 Å². The molecule has 0 radical (unpaired) electrons. The second kappa shape index (κ2) is 3.23. The molecule has 3 heteroatoms. The van der Waals surface area contributed by atoms with E-state index in [2.05, 4.69) is 4.90 Å². The van der Waals surface area contributed by atoms with Crippen LogP contribution in [0.1, 0.15) is 33.1 Å². The molecule has 1 heterocycles. The number of likely N-dealkylation sites (tertiary alicyclic amines) is 1. The van der Waals surface area contributed by atoms with Crippen molar-refractivity contribution < 1.29 is 9.90 Å². The fourth-order valence-corrected chi connectivity index (χ4v) is 2.80. The molecule has 1 saturated heterocycles. The zero-order valence-electron chi connectivity index (χ0n) is 8.99. The molecule has 2 aliphatic rings. The normalized spacial score (nSPS) is 32.4. The number of nitrogens with zero attached hydrogens (tertiary/aromatic N) is 1. The van der Waals surface area contributed by atoms with Gasteiger partial charge in [-0.1, -0.05) is 0 Å². The van der Waals surface area contributed by atoms with Crippen molar-refractivity contribution in [1.82, 2.24) is 4.90 Å². The van der Waals surface area contributed by atoms with Gasteiger partial charge in [0.25, 0.3) is 0 Å². The van der Waals surface area contributed by atoms with E-state index in [0.717, 1.165) is 12.5 Å². The van der Waals surface area contributed by atoms with Crippen LogP contribution in [0.4, 0.5) is 0 Å². The summed E-state index contributed by atoms with van der Waals surface area (Å²) in [6, 6.07) is 0.679. The molecule has 1 saturated carbocycles. The molecule has 2 atom stereocenters. The van der Waals surface area contributed by atoms with Gasteiger partial charge in [0.15, 0.2) is 0 Å². The Morgan fingerprint density at radius 1 is 1.50 bits per heavy atom. The molecule has 1 N–H and O–H groups in total. The maximum Gasteiger partial charge on any atom is 0.310 e. The lowest BCUT2D eigenvalue weighted by Crippen LogP contribution is -2.42. The Morgan fingerprint density at radius 3 is 2.64 bits per heavy atom. The smallest absolute Gasteiger partial charge is 0.310 e. The average molecular weight is 197 g/mol. The van der Waals surface area contributed by atoms with Crippen molar-refractivity contribution in [2.75, 3.05) is 13.1 Å². The molecule has 1 aliphatic carbocycles. The van der Waals surface area contributed by atoms with E-state index in [1.54, 1.807) is 0 Å². The van der Waals surface area contributed by atoms with Gasteiger partial charge in [0.1, 0.15) is 0 Å². The lowest BCUT2D eigenvalue weighted by atomic mass is 9.92. The van der Waals surface area contributed by atoms with Crippen molar-refractivity contribution in [3.63, 3.8) is 0 Å². The summed E-state index contributed by atoms with van der Waals surface area (Å²) in [6.45, 7) is 5.48. The predicted molar refractivity (Wildman–Crippen MR) is 54.1 cm³/mol. The Labute approximate surface area is 85.1 Å². The molecule has 2 fully saturated rings. The van der Waals surface area contributed by atoms with E-state index in [1.807, 2.05) is 13.8 Å². The largest absolute Gasteiger partial charge is 0.481 e. The molecule has 0 aromatic carbocycles. The molecule has 0 aromatic heterocycles. The van der Waals surface area contributed by atoms with E-state index >= 15 is 0 Å². The molecule has 3 nitrogen and oxygen atoms in total. The molecule has 2 unspecified atom stereocenters. The third kappa shape index (κ3) is 1.65. The van der Waals surface area contributed by atoms with Crippen LogP contribution in [0, 0.1) is 11.3 Å². The first kappa shape index (κ1) is 9.97. The summed E-state index contributed by atoms with van der Waals surface area (Å²) < 4.78 is 0. The van der Waals surface area contributed by atoms with Crippen LogP contribution in [0.5, 0.6) is 0 Å². The molecule has 2 rings (SSSR count). The lowest BCUT2D eigenvalue weighted by Gasteiger charge is -2.32. The highest BCUT2D eigenvalue weighted by Gasteiger charge is 2.41. The number of aliphatic carboxylic acids is 1. The first-order chi connectivity index (χ1) is 6.49. The van der Waals surface area contributed by atoms with E-state index in [9.17, 15) is 4.79 Å². The molecular weight excluding hydrogens is 178 g/mol. The predicted octanol–water partition coefficient (Wildman–Crippen LogP) is 1.58. The third-order valence-corrected chi connectivity index (χ3v) is 3.70. The van der Waals surface area contributed by atoms with Gasteiger partial charge in [-0.2, -0.15) is 0 Å². The third-order valence-electron chi connectivity index (χ3n) is 3.70.